The van der Waals surface area contributed by atoms with Gasteiger partial charge in [0.05, 0.1) is 11.4 Å². The van der Waals surface area contributed by atoms with Crippen LogP contribution in [0, 0.1) is 13.8 Å². The molecule has 0 saturated heterocycles. The summed E-state index contributed by atoms with van der Waals surface area (Å²) >= 11 is 0. The Morgan fingerprint density at radius 1 is 1.07 bits per heavy atom. The van der Waals surface area contributed by atoms with E-state index in [2.05, 4.69) is 5.32 Å². The van der Waals surface area contributed by atoms with E-state index in [1.807, 2.05) is 67.1 Å². The molecule has 1 amide bonds. The van der Waals surface area contributed by atoms with Gasteiger partial charge in [-0.2, -0.15) is 5.10 Å². The van der Waals surface area contributed by atoms with E-state index in [0.717, 1.165) is 58.9 Å². The molecule has 1 aliphatic carbocycles. The number of anilines is 1. The molecular weight excluding hydrogens is 338 g/mol. The van der Waals surface area contributed by atoms with E-state index in [9.17, 15) is 4.79 Å². The second-order valence-corrected chi connectivity index (χ2v) is 6.93. The molecule has 5 nitrogen and oxygen atoms in total. The lowest BCUT2D eigenvalue weighted by Gasteiger charge is -2.13. The van der Waals surface area contributed by atoms with Gasteiger partial charge in [0.15, 0.2) is 6.61 Å². The number of hydrogen-bond donors (Lipinski definition) is 1. The number of aryl methyl sites for hydroxylation is 3. The smallest absolute Gasteiger partial charge is 0.263 e. The van der Waals surface area contributed by atoms with Gasteiger partial charge in [-0.3, -0.25) is 4.79 Å². The molecule has 0 fully saturated rings. The predicted molar refractivity (Wildman–Crippen MR) is 106 cm³/mol. The van der Waals surface area contributed by atoms with Crippen molar-refractivity contribution in [3.05, 3.63) is 70.9 Å². The Morgan fingerprint density at radius 3 is 2.56 bits per heavy atom. The Labute approximate surface area is 159 Å². The number of carbonyl (C=O) groups is 1. The molecule has 1 heterocycles. The largest absolute Gasteiger partial charge is 0.483 e. The molecule has 5 heteroatoms. The van der Waals surface area contributed by atoms with E-state index in [-0.39, 0.29) is 12.5 Å². The normalized spacial score (nSPS) is 12.7. The molecule has 0 spiro atoms. The molecule has 0 bridgehead atoms. The number of para-hydroxylation sites is 2. The summed E-state index contributed by atoms with van der Waals surface area (Å²) < 4.78 is 7.64. The summed E-state index contributed by atoms with van der Waals surface area (Å²) in [5, 5.41) is 7.76. The summed E-state index contributed by atoms with van der Waals surface area (Å²) in [6.45, 7) is 3.94. The Kier molecular flexibility index (Phi) is 4.67. The molecule has 0 saturated carbocycles. The Hall–Kier alpha value is -3.08. The maximum absolute atomic E-state index is 12.6. The van der Waals surface area contributed by atoms with Crippen LogP contribution in [-0.2, 0) is 17.6 Å². The molecule has 27 heavy (non-hydrogen) atoms. The number of fused-ring (bicyclic) bond motifs is 1. The van der Waals surface area contributed by atoms with Gasteiger partial charge in [0.1, 0.15) is 11.6 Å². The molecule has 0 atom stereocenters. The monoisotopic (exact) mass is 361 g/mol. The lowest BCUT2D eigenvalue weighted by Crippen LogP contribution is -2.23. The molecule has 3 aromatic rings. The van der Waals surface area contributed by atoms with Gasteiger partial charge in [-0.25, -0.2) is 4.68 Å². The van der Waals surface area contributed by atoms with Gasteiger partial charge < -0.3 is 10.1 Å². The van der Waals surface area contributed by atoms with Crippen molar-refractivity contribution in [2.24, 2.45) is 0 Å². The van der Waals surface area contributed by atoms with Gasteiger partial charge in [0, 0.05) is 5.56 Å². The van der Waals surface area contributed by atoms with E-state index < -0.39 is 0 Å². The van der Waals surface area contributed by atoms with Crippen LogP contribution in [0.4, 0.5) is 5.82 Å². The third-order valence-electron chi connectivity index (χ3n) is 4.92. The van der Waals surface area contributed by atoms with Gasteiger partial charge in [0.25, 0.3) is 5.91 Å². The standard InChI is InChI=1S/C22H23N3O2/c1-15-8-6-9-16(2)21(15)27-14-20(26)23-22-18-12-7-13-19(18)24-25(22)17-10-4-3-5-11-17/h3-6,8-11H,7,12-14H2,1-2H3,(H,23,26). The Morgan fingerprint density at radius 2 is 1.81 bits per heavy atom. The van der Waals surface area contributed by atoms with Crippen LogP contribution in [0.15, 0.2) is 48.5 Å². The summed E-state index contributed by atoms with van der Waals surface area (Å²) in [7, 11) is 0. The summed E-state index contributed by atoms with van der Waals surface area (Å²) in [5.41, 5.74) is 5.21. The molecule has 4 rings (SSSR count). The maximum Gasteiger partial charge on any atom is 0.263 e. The highest BCUT2D eigenvalue weighted by Gasteiger charge is 2.24. The van der Waals surface area contributed by atoms with Gasteiger partial charge in [0.2, 0.25) is 0 Å². The van der Waals surface area contributed by atoms with Crippen molar-refractivity contribution in [3.8, 4) is 11.4 Å². The maximum atomic E-state index is 12.6. The van der Waals surface area contributed by atoms with Crippen molar-refractivity contribution in [3.63, 3.8) is 0 Å². The average Bonchev–Trinajstić information content (AvgIpc) is 3.25. The quantitative estimate of drug-likeness (QED) is 0.747. The fraction of sp³-hybridized carbons (Fsp3) is 0.273. The number of benzene rings is 2. The lowest BCUT2D eigenvalue weighted by molar-refractivity contribution is -0.118. The van der Waals surface area contributed by atoms with Crippen molar-refractivity contribution in [2.45, 2.75) is 33.1 Å². The fourth-order valence-corrected chi connectivity index (χ4v) is 3.61. The topological polar surface area (TPSA) is 56.1 Å². The van der Waals surface area contributed by atoms with Gasteiger partial charge in [-0.1, -0.05) is 36.4 Å². The first-order chi connectivity index (χ1) is 13.1. The second-order valence-electron chi connectivity index (χ2n) is 6.93. The zero-order chi connectivity index (χ0) is 18.8. The summed E-state index contributed by atoms with van der Waals surface area (Å²) in [4.78, 5) is 12.6. The number of nitrogens with zero attached hydrogens (tertiary/aromatic N) is 2. The average molecular weight is 361 g/mol. The molecule has 0 unspecified atom stereocenters. The van der Waals surface area contributed by atoms with Gasteiger partial charge >= 0.3 is 0 Å². The molecule has 0 radical (unpaired) electrons. The summed E-state index contributed by atoms with van der Waals surface area (Å²) in [6.07, 6.45) is 2.97. The van der Waals surface area contributed by atoms with Crippen LogP contribution < -0.4 is 10.1 Å². The van der Waals surface area contributed by atoms with Crippen molar-refractivity contribution in [1.82, 2.24) is 9.78 Å². The van der Waals surface area contributed by atoms with Crippen molar-refractivity contribution >= 4 is 11.7 Å². The van der Waals surface area contributed by atoms with Crippen LogP contribution in [0.3, 0.4) is 0 Å². The minimum Gasteiger partial charge on any atom is -0.483 e. The van der Waals surface area contributed by atoms with Crippen molar-refractivity contribution in [2.75, 3.05) is 11.9 Å². The molecule has 2 aromatic carbocycles. The number of ether oxygens (including phenoxy) is 1. The van der Waals surface area contributed by atoms with E-state index in [1.165, 1.54) is 0 Å². The van der Waals surface area contributed by atoms with Gasteiger partial charge in [-0.05, 0) is 56.4 Å². The lowest BCUT2D eigenvalue weighted by atomic mass is 10.1. The second kappa shape index (κ2) is 7.27. The molecular formula is C22H23N3O2. The zero-order valence-electron chi connectivity index (χ0n) is 15.7. The minimum atomic E-state index is -0.176. The predicted octanol–water partition coefficient (Wildman–Crippen LogP) is 4.00. The number of rotatable bonds is 5. The number of hydrogen-bond acceptors (Lipinski definition) is 3. The van der Waals surface area contributed by atoms with Crippen LogP contribution >= 0.6 is 0 Å². The molecule has 138 valence electrons. The SMILES string of the molecule is Cc1cccc(C)c1OCC(=O)Nc1c2c(nn1-c1ccccc1)CCC2. The highest BCUT2D eigenvalue weighted by molar-refractivity contribution is 5.92. The van der Waals surface area contributed by atoms with Crippen LogP contribution in [0.5, 0.6) is 5.75 Å². The minimum absolute atomic E-state index is 0.0273. The van der Waals surface area contributed by atoms with Gasteiger partial charge in [-0.15, -0.1) is 0 Å². The number of carbonyl (C=O) groups excluding carboxylic acids is 1. The molecule has 1 N–H and O–H groups in total. The third kappa shape index (κ3) is 3.45. The van der Waals surface area contributed by atoms with E-state index >= 15 is 0 Å². The van der Waals surface area contributed by atoms with Crippen LogP contribution in [0.2, 0.25) is 0 Å². The zero-order valence-corrected chi connectivity index (χ0v) is 15.7. The molecule has 0 aliphatic heterocycles. The molecule has 1 aromatic heterocycles. The third-order valence-corrected chi connectivity index (χ3v) is 4.92. The van der Waals surface area contributed by atoms with E-state index in [0.29, 0.717) is 0 Å². The molecule has 1 aliphatic rings. The first kappa shape index (κ1) is 17.3. The number of amides is 1. The number of nitrogens with one attached hydrogen (secondary N) is 1. The fourth-order valence-electron chi connectivity index (χ4n) is 3.61. The first-order valence-electron chi connectivity index (χ1n) is 9.28. The Balaban J connectivity index is 1.55. The van der Waals surface area contributed by atoms with Crippen molar-refractivity contribution in [1.29, 1.82) is 0 Å². The van der Waals surface area contributed by atoms with Crippen LogP contribution in [-0.4, -0.2) is 22.3 Å². The highest BCUT2D eigenvalue weighted by atomic mass is 16.5. The highest BCUT2D eigenvalue weighted by Crippen LogP contribution is 2.31. The Bertz CT molecular complexity index is 956. The van der Waals surface area contributed by atoms with Crippen LogP contribution in [0.25, 0.3) is 5.69 Å². The van der Waals surface area contributed by atoms with E-state index in [4.69, 9.17) is 9.84 Å². The first-order valence-corrected chi connectivity index (χ1v) is 9.28. The van der Waals surface area contributed by atoms with Crippen molar-refractivity contribution < 1.29 is 9.53 Å². The van der Waals surface area contributed by atoms with Crippen LogP contribution in [0.1, 0.15) is 28.8 Å². The summed E-state index contributed by atoms with van der Waals surface area (Å²) in [6, 6.07) is 15.8. The number of aromatic nitrogens is 2. The van der Waals surface area contributed by atoms with E-state index in [1.54, 1.807) is 0 Å². The summed E-state index contributed by atoms with van der Waals surface area (Å²) in [5.74, 6) is 1.36.